The van der Waals surface area contributed by atoms with Crippen LogP contribution in [0.4, 0.5) is 14.9 Å². The van der Waals surface area contributed by atoms with Gasteiger partial charge in [0.25, 0.3) is 5.91 Å². The Kier molecular flexibility index (Phi) is 9.22. The smallest absolute Gasteiger partial charge is 0.321 e. The third kappa shape index (κ3) is 6.71. The van der Waals surface area contributed by atoms with Crippen molar-refractivity contribution in [3.05, 3.63) is 53.5 Å². The van der Waals surface area contributed by atoms with Crippen molar-refractivity contribution >= 4 is 17.6 Å². The molecule has 0 unspecified atom stereocenters. The van der Waals surface area contributed by atoms with E-state index < -0.39 is 24.0 Å². The lowest BCUT2D eigenvalue weighted by Gasteiger charge is -2.37. The molecule has 0 saturated carbocycles. The van der Waals surface area contributed by atoms with Gasteiger partial charge in [-0.1, -0.05) is 24.8 Å². The molecule has 1 aromatic heterocycles. The quantitative estimate of drug-likeness (QED) is 0.594. The maximum atomic E-state index is 13.5. The predicted octanol–water partition coefficient (Wildman–Crippen LogP) is 2.60. The molecule has 0 spiro atoms. The number of amides is 3. The number of aliphatic hydroxyl groups excluding tert-OH is 1. The molecule has 0 saturated heterocycles. The Bertz CT molecular complexity index is 1150. The standard InChI is InChI=1S/C26H31FN4O5/c1-17-14-31(18(2)16-32)25(33)22-11-19(7-6-10-35-4)13-28-24(22)36-23(17)15-30(3)26(34)29-21-9-5-8-20(27)12-21/h5,8-9,11-13,17-18,23,32H,10,14-16H2,1-4H3,(H,29,34)/t17-,18-,23+/m1/s1. The van der Waals surface area contributed by atoms with E-state index in [0.29, 0.717) is 17.8 Å². The fourth-order valence-corrected chi connectivity index (χ4v) is 3.74. The van der Waals surface area contributed by atoms with E-state index in [0.717, 1.165) is 0 Å². The molecule has 1 aromatic carbocycles. The number of ether oxygens (including phenoxy) is 2. The van der Waals surface area contributed by atoms with Crippen molar-refractivity contribution in [2.75, 3.05) is 45.8 Å². The normalized spacial score (nSPS) is 18.1. The molecule has 192 valence electrons. The maximum Gasteiger partial charge on any atom is 0.321 e. The number of pyridine rings is 1. The summed E-state index contributed by atoms with van der Waals surface area (Å²) in [5, 5.41) is 12.4. The fraction of sp³-hybridized carbons (Fsp3) is 0.423. The van der Waals surface area contributed by atoms with Gasteiger partial charge in [-0.05, 0) is 31.2 Å². The maximum absolute atomic E-state index is 13.5. The molecule has 2 aromatic rings. The third-order valence-corrected chi connectivity index (χ3v) is 5.85. The zero-order chi connectivity index (χ0) is 26.2. The van der Waals surface area contributed by atoms with Crippen LogP contribution in [-0.4, -0.2) is 84.4 Å². The number of hydrogen-bond donors (Lipinski definition) is 2. The second-order valence-electron chi connectivity index (χ2n) is 8.76. The molecule has 0 fully saturated rings. The van der Waals surface area contributed by atoms with E-state index >= 15 is 0 Å². The second-order valence-corrected chi connectivity index (χ2v) is 8.76. The van der Waals surface area contributed by atoms with Crippen molar-refractivity contribution in [1.29, 1.82) is 0 Å². The topological polar surface area (TPSA) is 104 Å². The number of hydrogen-bond acceptors (Lipinski definition) is 6. The second kappa shape index (κ2) is 12.3. The first-order chi connectivity index (χ1) is 17.2. The third-order valence-electron chi connectivity index (χ3n) is 5.85. The van der Waals surface area contributed by atoms with E-state index in [9.17, 15) is 19.1 Å². The fourth-order valence-electron chi connectivity index (χ4n) is 3.74. The van der Waals surface area contributed by atoms with Gasteiger partial charge in [0.15, 0.2) is 0 Å². The van der Waals surface area contributed by atoms with Crippen molar-refractivity contribution in [2.24, 2.45) is 5.92 Å². The molecular formula is C26H31FN4O5. The van der Waals surface area contributed by atoms with Gasteiger partial charge in [-0.15, -0.1) is 0 Å². The Morgan fingerprint density at radius 2 is 2.22 bits per heavy atom. The number of aliphatic hydroxyl groups is 1. The van der Waals surface area contributed by atoms with E-state index in [2.05, 4.69) is 22.1 Å². The average molecular weight is 499 g/mol. The summed E-state index contributed by atoms with van der Waals surface area (Å²) in [7, 11) is 3.14. The Labute approximate surface area is 210 Å². The van der Waals surface area contributed by atoms with Gasteiger partial charge >= 0.3 is 6.03 Å². The Hall–Kier alpha value is -3.68. The van der Waals surface area contributed by atoms with Gasteiger partial charge in [0.2, 0.25) is 5.88 Å². The molecule has 3 atom stereocenters. The number of rotatable bonds is 6. The molecule has 0 aliphatic carbocycles. The SMILES string of the molecule is COCC#Cc1cnc2c(c1)C(=O)N([C@H](C)CO)C[C@@H](C)[C@H](CN(C)C(=O)Nc1cccc(F)c1)O2. The van der Waals surface area contributed by atoms with Gasteiger partial charge in [0, 0.05) is 44.1 Å². The lowest BCUT2D eigenvalue weighted by molar-refractivity contribution is 0.0356. The van der Waals surface area contributed by atoms with E-state index in [4.69, 9.17) is 9.47 Å². The highest BCUT2D eigenvalue weighted by Crippen LogP contribution is 2.27. The molecule has 10 heteroatoms. The zero-order valence-corrected chi connectivity index (χ0v) is 20.8. The zero-order valence-electron chi connectivity index (χ0n) is 20.8. The van der Waals surface area contributed by atoms with Gasteiger partial charge < -0.3 is 29.7 Å². The summed E-state index contributed by atoms with van der Waals surface area (Å²) < 4.78 is 24.6. The first-order valence-electron chi connectivity index (χ1n) is 11.6. The highest BCUT2D eigenvalue weighted by Gasteiger charge is 2.34. The molecule has 36 heavy (non-hydrogen) atoms. The number of nitrogens with zero attached hydrogens (tertiary/aromatic N) is 3. The van der Waals surface area contributed by atoms with Crippen molar-refractivity contribution in [2.45, 2.75) is 26.0 Å². The molecule has 0 bridgehead atoms. The number of anilines is 1. The van der Waals surface area contributed by atoms with Crippen LogP contribution in [0.25, 0.3) is 0 Å². The summed E-state index contributed by atoms with van der Waals surface area (Å²) >= 11 is 0. The van der Waals surface area contributed by atoms with E-state index in [1.807, 2.05) is 6.92 Å². The molecule has 0 radical (unpaired) electrons. The summed E-state index contributed by atoms with van der Waals surface area (Å²) in [6.07, 6.45) is 0.990. The number of carbonyl (C=O) groups excluding carboxylic acids is 2. The van der Waals surface area contributed by atoms with Crippen LogP contribution in [0.2, 0.25) is 0 Å². The predicted molar refractivity (Wildman–Crippen MR) is 132 cm³/mol. The molecule has 2 N–H and O–H groups in total. The minimum Gasteiger partial charge on any atom is -0.472 e. The van der Waals surface area contributed by atoms with Gasteiger partial charge in [0.1, 0.15) is 24.1 Å². The van der Waals surface area contributed by atoms with Gasteiger partial charge in [-0.2, -0.15) is 0 Å². The van der Waals surface area contributed by atoms with Crippen LogP contribution in [0.1, 0.15) is 29.8 Å². The highest BCUT2D eigenvalue weighted by molar-refractivity contribution is 5.97. The van der Waals surface area contributed by atoms with Crippen molar-refractivity contribution < 1.29 is 28.6 Å². The molecule has 9 nitrogen and oxygen atoms in total. The van der Waals surface area contributed by atoms with E-state index in [1.54, 1.807) is 31.0 Å². The van der Waals surface area contributed by atoms with Crippen molar-refractivity contribution in [3.63, 3.8) is 0 Å². The van der Waals surface area contributed by atoms with Crippen LogP contribution in [0.5, 0.6) is 5.88 Å². The number of carbonyl (C=O) groups is 2. The van der Waals surface area contributed by atoms with Crippen LogP contribution in [0.3, 0.4) is 0 Å². The highest BCUT2D eigenvalue weighted by atomic mass is 19.1. The van der Waals surface area contributed by atoms with Crippen LogP contribution in [-0.2, 0) is 4.74 Å². The Balaban J connectivity index is 1.87. The molecular weight excluding hydrogens is 467 g/mol. The van der Waals surface area contributed by atoms with Crippen molar-refractivity contribution in [1.82, 2.24) is 14.8 Å². The monoisotopic (exact) mass is 498 g/mol. The van der Waals surface area contributed by atoms with Gasteiger partial charge in [0.05, 0.1) is 19.2 Å². The minimum absolute atomic E-state index is 0.128. The number of nitrogens with one attached hydrogen (secondary N) is 1. The molecule has 2 heterocycles. The Morgan fingerprint density at radius 3 is 2.92 bits per heavy atom. The number of halogens is 1. The van der Waals surface area contributed by atoms with Crippen LogP contribution < -0.4 is 10.1 Å². The number of aromatic nitrogens is 1. The van der Waals surface area contributed by atoms with Crippen LogP contribution in [0.15, 0.2) is 36.5 Å². The van der Waals surface area contributed by atoms with Crippen LogP contribution >= 0.6 is 0 Å². The average Bonchev–Trinajstić information content (AvgIpc) is 2.86. The molecule has 3 rings (SSSR count). The van der Waals surface area contributed by atoms with E-state index in [-0.39, 0.29) is 43.0 Å². The van der Waals surface area contributed by atoms with Crippen molar-refractivity contribution in [3.8, 4) is 17.7 Å². The summed E-state index contributed by atoms with van der Waals surface area (Å²) in [6, 6.07) is 6.36. The minimum atomic E-state index is -0.522. The largest absolute Gasteiger partial charge is 0.472 e. The summed E-state index contributed by atoms with van der Waals surface area (Å²) in [5.41, 5.74) is 1.08. The first kappa shape index (κ1) is 26.9. The number of benzene rings is 1. The van der Waals surface area contributed by atoms with Crippen LogP contribution in [0, 0.1) is 23.6 Å². The van der Waals surface area contributed by atoms with Gasteiger partial charge in [-0.25, -0.2) is 14.2 Å². The lowest BCUT2D eigenvalue weighted by Crippen LogP contribution is -2.50. The number of urea groups is 1. The summed E-state index contributed by atoms with van der Waals surface area (Å²) in [5.74, 6) is 4.88. The molecule has 3 amide bonds. The summed E-state index contributed by atoms with van der Waals surface area (Å²) in [4.78, 5) is 33.5. The first-order valence-corrected chi connectivity index (χ1v) is 11.6. The lowest BCUT2D eigenvalue weighted by atomic mass is 10.00. The molecule has 1 aliphatic rings. The number of likely N-dealkylation sites (N-methyl/N-ethyl adjacent to an activating group) is 1. The number of fused-ring (bicyclic) bond motifs is 1. The van der Waals surface area contributed by atoms with Gasteiger partial charge in [-0.3, -0.25) is 4.79 Å². The molecule has 1 aliphatic heterocycles. The van der Waals surface area contributed by atoms with E-state index in [1.165, 1.54) is 36.4 Å². The number of methoxy groups -OCH3 is 1. The Morgan fingerprint density at radius 1 is 1.44 bits per heavy atom. The summed E-state index contributed by atoms with van der Waals surface area (Å²) in [6.45, 7) is 4.16.